The Morgan fingerprint density at radius 2 is 1.83 bits per heavy atom. The van der Waals surface area contributed by atoms with Gasteiger partial charge in [0.15, 0.2) is 5.78 Å². The Labute approximate surface area is 134 Å². The second-order valence-electron chi connectivity index (χ2n) is 6.63. The minimum atomic E-state index is -3.08. The van der Waals surface area contributed by atoms with Gasteiger partial charge in [0.05, 0.1) is 6.04 Å². The third-order valence-electron chi connectivity index (χ3n) is 3.57. The molecule has 128 valence electrons. The quantitative estimate of drug-likeness (QED) is 0.498. The first kappa shape index (κ1) is 19.1. The van der Waals surface area contributed by atoms with E-state index in [0.29, 0.717) is 0 Å². The highest BCUT2D eigenvalue weighted by Crippen LogP contribution is 2.42. The van der Waals surface area contributed by atoms with Crippen molar-refractivity contribution in [1.82, 2.24) is 0 Å². The molecule has 7 nitrogen and oxygen atoms in total. The van der Waals surface area contributed by atoms with E-state index in [9.17, 15) is 24.6 Å². The number of esters is 1. The van der Waals surface area contributed by atoms with E-state index in [2.05, 4.69) is 0 Å². The molecule has 0 aromatic heterocycles. The molecule has 0 bridgehead atoms. The summed E-state index contributed by atoms with van der Waals surface area (Å²) in [5.74, 6) is -4.01. The molecular formula is C16H23NO6. The molecule has 3 atom stereocenters. The molecule has 0 heterocycles. The molecule has 0 saturated heterocycles. The van der Waals surface area contributed by atoms with Crippen LogP contribution in [0.2, 0.25) is 0 Å². The van der Waals surface area contributed by atoms with Crippen LogP contribution in [0.25, 0.3) is 0 Å². The van der Waals surface area contributed by atoms with Crippen LogP contribution in [-0.2, 0) is 19.1 Å². The minimum absolute atomic E-state index is 0.175. The molecule has 0 amide bonds. The van der Waals surface area contributed by atoms with Crippen LogP contribution in [0.3, 0.4) is 0 Å². The highest BCUT2D eigenvalue weighted by atomic mass is 16.6. The smallest absolute Gasteiger partial charge is 0.352 e. The Morgan fingerprint density at radius 3 is 2.17 bits per heavy atom. The van der Waals surface area contributed by atoms with Crippen molar-refractivity contribution in [3.8, 4) is 0 Å². The van der Waals surface area contributed by atoms with Gasteiger partial charge in [0.1, 0.15) is 11.0 Å². The van der Waals surface area contributed by atoms with Gasteiger partial charge in [-0.15, -0.1) is 0 Å². The average Bonchev–Trinajstić information content (AvgIpc) is 2.43. The zero-order chi connectivity index (χ0) is 18.1. The predicted octanol–water partition coefficient (Wildman–Crippen LogP) is 0.563. The summed E-state index contributed by atoms with van der Waals surface area (Å²) in [7, 11) is 0. The molecule has 0 saturated carbocycles. The number of aliphatic hydroxyl groups is 1. The highest BCUT2D eigenvalue weighted by Gasteiger charge is 2.65. The number of hydrogen-bond donors (Lipinski definition) is 3. The van der Waals surface area contributed by atoms with Crippen molar-refractivity contribution >= 4 is 17.7 Å². The van der Waals surface area contributed by atoms with Crippen LogP contribution in [0, 0.1) is 5.41 Å². The monoisotopic (exact) mass is 325 g/mol. The summed E-state index contributed by atoms with van der Waals surface area (Å²) >= 11 is 0. The summed E-state index contributed by atoms with van der Waals surface area (Å²) in [5, 5.41) is 20.3. The van der Waals surface area contributed by atoms with Gasteiger partial charge in [0.25, 0.3) is 5.60 Å². The number of Topliss-reactive ketones (excluding diaryl/α,β-unsaturated/α-hetero) is 1. The van der Waals surface area contributed by atoms with Crippen molar-refractivity contribution in [2.24, 2.45) is 11.1 Å². The first-order valence-electron chi connectivity index (χ1n) is 7.22. The lowest BCUT2D eigenvalue weighted by Crippen LogP contribution is -2.65. The fourth-order valence-electron chi connectivity index (χ4n) is 2.47. The molecule has 1 unspecified atom stereocenters. The van der Waals surface area contributed by atoms with E-state index in [-0.39, 0.29) is 6.42 Å². The van der Waals surface area contributed by atoms with Crippen LogP contribution in [0.5, 0.6) is 0 Å². The number of carboxylic acid groups (broad SMARTS) is 1. The number of carbonyl (C=O) groups is 3. The molecule has 0 spiro atoms. The van der Waals surface area contributed by atoms with Gasteiger partial charge in [-0.1, -0.05) is 24.3 Å². The molecule has 0 aromatic carbocycles. The highest BCUT2D eigenvalue weighted by molar-refractivity contribution is 6.11. The van der Waals surface area contributed by atoms with Crippen molar-refractivity contribution in [3.05, 3.63) is 24.3 Å². The number of nitrogens with two attached hydrogens (primary N) is 1. The molecular weight excluding hydrogens is 302 g/mol. The number of carbonyl (C=O) groups excluding carboxylic acids is 2. The number of rotatable bonds is 5. The van der Waals surface area contributed by atoms with Gasteiger partial charge in [-0.3, -0.25) is 4.79 Å². The van der Waals surface area contributed by atoms with Gasteiger partial charge in [-0.25, -0.2) is 9.59 Å². The summed E-state index contributed by atoms with van der Waals surface area (Å²) in [5.41, 5.74) is -0.523. The van der Waals surface area contributed by atoms with E-state index in [1.807, 2.05) is 0 Å². The standard InChI is InChI=1S/C16H23NO6/c1-10(17)11(18)15(8-6-5-7-9-15)16(22,12(19)20)13(21)23-14(2,3)4/h5-8,10,22H,9,17H2,1-4H3,(H,19,20)/t10-,15?,16+/m0/s1. The lowest BCUT2D eigenvalue weighted by Gasteiger charge is -2.41. The normalized spacial score (nSPS) is 24.6. The van der Waals surface area contributed by atoms with Gasteiger partial charge < -0.3 is 20.7 Å². The first-order valence-corrected chi connectivity index (χ1v) is 7.22. The Balaban J connectivity index is 3.52. The average molecular weight is 325 g/mol. The minimum Gasteiger partial charge on any atom is -0.479 e. The molecule has 0 fully saturated rings. The Bertz CT molecular complexity index is 572. The molecule has 1 rings (SSSR count). The fourth-order valence-corrected chi connectivity index (χ4v) is 2.47. The van der Waals surface area contributed by atoms with Crippen molar-refractivity contribution in [2.45, 2.75) is 51.4 Å². The van der Waals surface area contributed by atoms with E-state index < -0.39 is 40.4 Å². The predicted molar refractivity (Wildman–Crippen MR) is 82.4 cm³/mol. The molecule has 1 aliphatic carbocycles. The Kier molecular flexibility index (Phi) is 5.18. The number of aliphatic carboxylic acids is 1. The number of hydrogen-bond acceptors (Lipinski definition) is 6. The van der Waals surface area contributed by atoms with E-state index in [1.54, 1.807) is 6.08 Å². The topological polar surface area (TPSA) is 127 Å². The van der Waals surface area contributed by atoms with Crippen molar-refractivity contribution < 1.29 is 29.3 Å². The summed E-state index contributed by atoms with van der Waals surface area (Å²) in [6.07, 6.45) is 5.52. The summed E-state index contributed by atoms with van der Waals surface area (Å²) in [6.45, 7) is 5.96. The molecule has 0 aromatic rings. The summed E-state index contributed by atoms with van der Waals surface area (Å²) < 4.78 is 5.05. The van der Waals surface area contributed by atoms with Crippen molar-refractivity contribution in [2.75, 3.05) is 0 Å². The maximum absolute atomic E-state index is 12.6. The second-order valence-corrected chi connectivity index (χ2v) is 6.63. The van der Waals surface area contributed by atoms with Gasteiger partial charge in [0, 0.05) is 0 Å². The number of ether oxygens (including phenoxy) is 1. The first-order chi connectivity index (χ1) is 10.4. The van der Waals surface area contributed by atoms with Crippen LogP contribution >= 0.6 is 0 Å². The molecule has 1 aliphatic rings. The van der Waals surface area contributed by atoms with Gasteiger partial charge in [-0.05, 0) is 34.1 Å². The SMILES string of the molecule is C[C@H](N)C(=O)C1([C@@](O)(C(=O)O)C(=O)OC(C)(C)C)C=CC=CC1. The number of ketones is 1. The third kappa shape index (κ3) is 3.35. The van der Waals surface area contributed by atoms with Crippen LogP contribution in [0.15, 0.2) is 24.3 Å². The second kappa shape index (κ2) is 6.25. The lowest BCUT2D eigenvalue weighted by molar-refractivity contribution is -0.201. The largest absolute Gasteiger partial charge is 0.479 e. The van der Waals surface area contributed by atoms with Crippen LogP contribution in [-0.4, -0.2) is 45.2 Å². The summed E-state index contributed by atoms with van der Waals surface area (Å²) in [6, 6.07) is -1.07. The molecule has 0 radical (unpaired) electrons. The number of carboxylic acids is 1. The third-order valence-corrected chi connectivity index (χ3v) is 3.57. The fraction of sp³-hybridized carbons (Fsp3) is 0.562. The van der Waals surface area contributed by atoms with Gasteiger partial charge >= 0.3 is 11.9 Å². The Hall–Kier alpha value is -1.99. The van der Waals surface area contributed by atoms with Crippen molar-refractivity contribution in [1.29, 1.82) is 0 Å². The maximum Gasteiger partial charge on any atom is 0.352 e. The summed E-state index contributed by atoms with van der Waals surface area (Å²) in [4.78, 5) is 36.8. The van der Waals surface area contributed by atoms with E-state index in [1.165, 1.54) is 45.9 Å². The van der Waals surface area contributed by atoms with Crippen LogP contribution in [0.4, 0.5) is 0 Å². The van der Waals surface area contributed by atoms with Crippen molar-refractivity contribution in [3.63, 3.8) is 0 Å². The maximum atomic E-state index is 12.6. The Morgan fingerprint density at radius 1 is 1.26 bits per heavy atom. The van der Waals surface area contributed by atoms with Gasteiger partial charge in [-0.2, -0.15) is 0 Å². The zero-order valence-corrected chi connectivity index (χ0v) is 13.7. The molecule has 4 N–H and O–H groups in total. The van der Waals surface area contributed by atoms with E-state index in [4.69, 9.17) is 10.5 Å². The van der Waals surface area contributed by atoms with E-state index in [0.717, 1.165) is 0 Å². The molecule has 23 heavy (non-hydrogen) atoms. The molecule has 0 aliphatic heterocycles. The van der Waals surface area contributed by atoms with Crippen LogP contribution < -0.4 is 5.73 Å². The van der Waals surface area contributed by atoms with Crippen LogP contribution in [0.1, 0.15) is 34.1 Å². The van der Waals surface area contributed by atoms with E-state index >= 15 is 0 Å². The lowest BCUT2D eigenvalue weighted by atomic mass is 9.63. The number of allylic oxidation sites excluding steroid dienone is 3. The van der Waals surface area contributed by atoms with Gasteiger partial charge in [0.2, 0.25) is 0 Å². The zero-order valence-electron chi connectivity index (χ0n) is 13.7. The molecule has 7 heteroatoms.